The van der Waals surface area contributed by atoms with Crippen molar-refractivity contribution in [1.82, 2.24) is 9.80 Å². The number of aryl methyl sites for hydroxylation is 1. The molecule has 0 radical (unpaired) electrons. The van der Waals surface area contributed by atoms with E-state index in [0.717, 1.165) is 28.4 Å². The molecule has 0 spiro atoms. The van der Waals surface area contributed by atoms with E-state index in [1.807, 2.05) is 30.0 Å². The average molecular weight is 353 g/mol. The number of hydrogen-bond acceptors (Lipinski definition) is 2. The number of carbonyl (C=O) groups is 2. The number of nitrogens with zero attached hydrogens (tertiary/aromatic N) is 2. The molecule has 0 atom stereocenters. The van der Waals surface area contributed by atoms with Crippen molar-refractivity contribution >= 4 is 27.7 Å². The fraction of sp³-hybridized carbons (Fsp3) is 0.500. The summed E-state index contributed by atoms with van der Waals surface area (Å²) in [5.74, 6) is 0.276. The van der Waals surface area contributed by atoms with E-state index >= 15 is 0 Å². The largest absolute Gasteiger partial charge is 0.349 e. The molecule has 5 heteroatoms. The number of benzene rings is 1. The second-order valence-corrected chi connectivity index (χ2v) is 6.67. The van der Waals surface area contributed by atoms with Gasteiger partial charge < -0.3 is 9.80 Å². The number of halogens is 1. The molecule has 1 aliphatic rings. The Morgan fingerprint density at radius 2 is 1.86 bits per heavy atom. The van der Waals surface area contributed by atoms with Gasteiger partial charge in [-0.15, -0.1) is 0 Å². The van der Waals surface area contributed by atoms with Gasteiger partial charge in [0, 0.05) is 43.1 Å². The van der Waals surface area contributed by atoms with Crippen molar-refractivity contribution < 1.29 is 9.59 Å². The lowest BCUT2D eigenvalue weighted by atomic mass is 9.94. The summed E-state index contributed by atoms with van der Waals surface area (Å²) in [5.41, 5.74) is 1.72. The van der Waals surface area contributed by atoms with Gasteiger partial charge in [0.25, 0.3) is 5.91 Å². The number of piperidine rings is 1. The third kappa shape index (κ3) is 3.64. The highest BCUT2D eigenvalue weighted by atomic mass is 79.9. The minimum Gasteiger partial charge on any atom is -0.349 e. The van der Waals surface area contributed by atoms with Crippen LogP contribution >= 0.6 is 15.9 Å². The van der Waals surface area contributed by atoms with E-state index in [1.165, 1.54) is 0 Å². The molecule has 1 saturated heterocycles. The molecule has 4 nitrogen and oxygen atoms in total. The SMILES string of the molecule is Cc1ccc(Br)cc1C(=O)N1CCC(C(=O)N(C)C)CC1. The van der Waals surface area contributed by atoms with Gasteiger partial charge in [-0.3, -0.25) is 9.59 Å². The molecule has 1 aliphatic heterocycles. The Kier molecular flexibility index (Phi) is 5.04. The van der Waals surface area contributed by atoms with Crippen molar-refractivity contribution in [2.75, 3.05) is 27.2 Å². The summed E-state index contributed by atoms with van der Waals surface area (Å²) in [6, 6.07) is 5.75. The number of likely N-dealkylation sites (tertiary alicyclic amines) is 1. The van der Waals surface area contributed by atoms with Crippen molar-refractivity contribution in [3.8, 4) is 0 Å². The molecule has 1 aromatic carbocycles. The van der Waals surface area contributed by atoms with Crippen LogP contribution in [0.2, 0.25) is 0 Å². The predicted octanol–water partition coefficient (Wildman–Crippen LogP) is 2.70. The Hall–Kier alpha value is -1.36. The van der Waals surface area contributed by atoms with E-state index in [9.17, 15) is 9.59 Å². The molecule has 0 aliphatic carbocycles. The van der Waals surface area contributed by atoms with E-state index < -0.39 is 0 Å². The second kappa shape index (κ2) is 6.60. The van der Waals surface area contributed by atoms with Gasteiger partial charge >= 0.3 is 0 Å². The van der Waals surface area contributed by atoms with E-state index in [-0.39, 0.29) is 17.7 Å². The fourth-order valence-electron chi connectivity index (χ4n) is 2.69. The Balaban J connectivity index is 2.03. The summed E-state index contributed by atoms with van der Waals surface area (Å²) >= 11 is 3.41. The van der Waals surface area contributed by atoms with Crippen LogP contribution in [0.15, 0.2) is 22.7 Å². The van der Waals surface area contributed by atoms with Crippen molar-refractivity contribution in [3.05, 3.63) is 33.8 Å². The molecular formula is C16H21BrN2O2. The molecule has 0 unspecified atom stereocenters. The van der Waals surface area contributed by atoms with E-state index in [2.05, 4.69) is 15.9 Å². The first-order valence-electron chi connectivity index (χ1n) is 7.16. The fourth-order valence-corrected chi connectivity index (χ4v) is 3.05. The minimum absolute atomic E-state index is 0.0488. The van der Waals surface area contributed by atoms with E-state index in [4.69, 9.17) is 0 Å². The summed E-state index contributed by atoms with van der Waals surface area (Å²) in [4.78, 5) is 28.0. The van der Waals surface area contributed by atoms with Gasteiger partial charge in [0.05, 0.1) is 0 Å². The smallest absolute Gasteiger partial charge is 0.254 e. The van der Waals surface area contributed by atoms with Crippen LogP contribution in [0.1, 0.15) is 28.8 Å². The van der Waals surface area contributed by atoms with Crippen molar-refractivity contribution in [1.29, 1.82) is 0 Å². The van der Waals surface area contributed by atoms with Crippen LogP contribution < -0.4 is 0 Å². The normalized spacial score (nSPS) is 15.9. The highest BCUT2D eigenvalue weighted by Gasteiger charge is 2.29. The zero-order valence-electron chi connectivity index (χ0n) is 12.7. The summed E-state index contributed by atoms with van der Waals surface area (Å²) in [6.45, 7) is 3.24. The Labute approximate surface area is 134 Å². The van der Waals surface area contributed by atoms with Gasteiger partial charge in [-0.1, -0.05) is 22.0 Å². The van der Waals surface area contributed by atoms with E-state index in [1.54, 1.807) is 19.0 Å². The number of hydrogen-bond donors (Lipinski definition) is 0. The molecule has 2 rings (SSSR count). The van der Waals surface area contributed by atoms with Gasteiger partial charge in [-0.05, 0) is 37.5 Å². The molecule has 114 valence electrons. The third-order valence-electron chi connectivity index (χ3n) is 4.00. The number of amides is 2. The van der Waals surface area contributed by atoms with Crippen LogP contribution in [0, 0.1) is 12.8 Å². The molecule has 2 amide bonds. The standard InChI is InChI=1S/C16H21BrN2O2/c1-11-4-5-13(17)10-14(11)16(21)19-8-6-12(7-9-19)15(20)18(2)3/h4-5,10,12H,6-9H2,1-3H3. The van der Waals surface area contributed by atoms with Gasteiger partial charge in [-0.25, -0.2) is 0 Å². The molecule has 1 heterocycles. The van der Waals surface area contributed by atoms with Crippen LogP contribution in [0.25, 0.3) is 0 Å². The first-order chi connectivity index (χ1) is 9.90. The van der Waals surface area contributed by atoms with Gasteiger partial charge in [-0.2, -0.15) is 0 Å². The lowest BCUT2D eigenvalue weighted by Crippen LogP contribution is -2.42. The van der Waals surface area contributed by atoms with Crippen LogP contribution in [0.4, 0.5) is 0 Å². The molecule has 1 aromatic rings. The van der Waals surface area contributed by atoms with E-state index in [0.29, 0.717) is 13.1 Å². The minimum atomic E-state index is 0.0488. The summed E-state index contributed by atoms with van der Waals surface area (Å²) in [6.07, 6.45) is 1.49. The monoisotopic (exact) mass is 352 g/mol. The highest BCUT2D eigenvalue weighted by Crippen LogP contribution is 2.23. The maximum atomic E-state index is 12.6. The molecule has 0 saturated carbocycles. The second-order valence-electron chi connectivity index (χ2n) is 5.76. The van der Waals surface area contributed by atoms with Crippen LogP contribution in [-0.2, 0) is 4.79 Å². The first-order valence-corrected chi connectivity index (χ1v) is 7.96. The third-order valence-corrected chi connectivity index (χ3v) is 4.50. The summed E-state index contributed by atoms with van der Waals surface area (Å²) < 4.78 is 0.911. The van der Waals surface area contributed by atoms with Gasteiger partial charge in [0.15, 0.2) is 0 Å². The van der Waals surface area contributed by atoms with Gasteiger partial charge in [0.2, 0.25) is 5.91 Å². The predicted molar refractivity (Wildman–Crippen MR) is 86.2 cm³/mol. The Morgan fingerprint density at radius 1 is 1.24 bits per heavy atom. The maximum Gasteiger partial charge on any atom is 0.254 e. The summed E-state index contributed by atoms with van der Waals surface area (Å²) in [5, 5.41) is 0. The van der Waals surface area contributed by atoms with Crippen LogP contribution in [0.5, 0.6) is 0 Å². The summed E-state index contributed by atoms with van der Waals surface area (Å²) in [7, 11) is 3.56. The van der Waals surface area contributed by atoms with Crippen molar-refractivity contribution in [2.45, 2.75) is 19.8 Å². The lowest BCUT2D eigenvalue weighted by Gasteiger charge is -2.32. The maximum absolute atomic E-state index is 12.6. The molecule has 0 N–H and O–H groups in total. The average Bonchev–Trinajstić information content (AvgIpc) is 2.48. The number of rotatable bonds is 2. The topological polar surface area (TPSA) is 40.6 Å². The highest BCUT2D eigenvalue weighted by molar-refractivity contribution is 9.10. The van der Waals surface area contributed by atoms with Crippen LogP contribution in [0.3, 0.4) is 0 Å². The molecular weight excluding hydrogens is 332 g/mol. The Morgan fingerprint density at radius 3 is 2.43 bits per heavy atom. The van der Waals surface area contributed by atoms with Crippen LogP contribution in [-0.4, -0.2) is 48.8 Å². The zero-order valence-corrected chi connectivity index (χ0v) is 14.3. The molecule has 0 bridgehead atoms. The van der Waals surface area contributed by atoms with Crippen molar-refractivity contribution in [2.24, 2.45) is 5.92 Å². The van der Waals surface area contributed by atoms with Crippen molar-refractivity contribution in [3.63, 3.8) is 0 Å². The molecule has 21 heavy (non-hydrogen) atoms. The zero-order chi connectivity index (χ0) is 15.6. The molecule has 0 aromatic heterocycles. The Bertz CT molecular complexity index is 549. The quantitative estimate of drug-likeness (QED) is 0.820. The van der Waals surface area contributed by atoms with Gasteiger partial charge in [0.1, 0.15) is 0 Å². The first kappa shape index (κ1) is 16.0. The molecule has 1 fully saturated rings. The lowest BCUT2D eigenvalue weighted by molar-refractivity contribution is -0.134. The number of carbonyl (C=O) groups excluding carboxylic acids is 2.